The highest BCUT2D eigenvalue weighted by molar-refractivity contribution is 8.05. The van der Waals surface area contributed by atoms with E-state index in [2.05, 4.69) is 98.3 Å². The third kappa shape index (κ3) is 2.26. The summed E-state index contributed by atoms with van der Waals surface area (Å²) in [5.74, 6) is 0. The Balaban J connectivity index is 1.56. The van der Waals surface area contributed by atoms with Crippen LogP contribution < -0.4 is 0 Å². The molecule has 2 aliphatic rings. The zero-order valence-corrected chi connectivity index (χ0v) is 19.3. The monoisotopic (exact) mass is 435 g/mol. The molecule has 5 aromatic rings. The van der Waals surface area contributed by atoms with Crippen molar-refractivity contribution in [2.75, 3.05) is 0 Å². The highest BCUT2D eigenvalue weighted by atomic mass is 32.2. The molecule has 1 nitrogen and oxygen atoms in total. The minimum atomic E-state index is -0.00741. The summed E-state index contributed by atoms with van der Waals surface area (Å²) in [6.45, 7) is 4.76. The number of benzene rings is 4. The van der Waals surface area contributed by atoms with Crippen LogP contribution in [-0.4, -0.2) is 4.57 Å². The second-order valence-corrected chi connectivity index (χ2v) is 11.2. The molecule has 1 aliphatic carbocycles. The minimum Gasteiger partial charge on any atom is -0.343 e. The number of hydrogen-bond donors (Lipinski definition) is 0. The van der Waals surface area contributed by atoms with Gasteiger partial charge >= 0.3 is 0 Å². The van der Waals surface area contributed by atoms with Crippen molar-refractivity contribution in [2.45, 2.75) is 38.8 Å². The summed E-state index contributed by atoms with van der Waals surface area (Å²) in [5.41, 5.74) is 8.37. The summed E-state index contributed by atoms with van der Waals surface area (Å²) < 4.78 is 2.39. The molecule has 0 amide bonds. The molecule has 3 heteroatoms. The van der Waals surface area contributed by atoms with E-state index in [9.17, 15) is 0 Å². The Bertz CT molecular complexity index is 1570. The predicted octanol–water partition coefficient (Wildman–Crippen LogP) is 8.25. The van der Waals surface area contributed by atoms with Crippen molar-refractivity contribution in [3.8, 4) is 11.1 Å². The normalized spacial score (nSPS) is 15.6. The first-order valence-electron chi connectivity index (χ1n) is 10.7. The Morgan fingerprint density at radius 1 is 0.677 bits per heavy atom. The molecule has 0 bridgehead atoms. The van der Waals surface area contributed by atoms with Gasteiger partial charge in [0.25, 0.3) is 0 Å². The highest BCUT2D eigenvalue weighted by Gasteiger charge is 2.38. The number of nitrogens with zero attached hydrogens (tertiary/aromatic N) is 1. The van der Waals surface area contributed by atoms with Gasteiger partial charge in [-0.2, -0.15) is 0 Å². The zero-order valence-electron chi connectivity index (χ0n) is 17.7. The van der Waals surface area contributed by atoms with Crippen LogP contribution in [0.5, 0.6) is 0 Å². The molecular weight excluding hydrogens is 414 g/mol. The van der Waals surface area contributed by atoms with Gasteiger partial charge in [-0.05, 0) is 47.0 Å². The Labute approximate surface area is 190 Å². The summed E-state index contributed by atoms with van der Waals surface area (Å²) >= 11 is 3.82. The maximum absolute atomic E-state index is 2.47. The van der Waals surface area contributed by atoms with E-state index in [1.54, 1.807) is 0 Å². The highest BCUT2D eigenvalue weighted by Crippen LogP contribution is 2.57. The summed E-state index contributed by atoms with van der Waals surface area (Å²) in [6.07, 6.45) is 0. The van der Waals surface area contributed by atoms with Crippen molar-refractivity contribution in [3.05, 3.63) is 83.9 Å². The van der Waals surface area contributed by atoms with Gasteiger partial charge in [-0.1, -0.05) is 79.8 Å². The lowest BCUT2D eigenvalue weighted by atomic mass is 9.82. The van der Waals surface area contributed by atoms with E-state index < -0.39 is 0 Å². The zero-order chi connectivity index (χ0) is 20.9. The lowest BCUT2D eigenvalue weighted by molar-refractivity contribution is 0.658. The van der Waals surface area contributed by atoms with Crippen LogP contribution in [-0.2, 0) is 12.5 Å². The molecule has 0 unspecified atom stereocenters. The van der Waals surface area contributed by atoms with E-state index in [0.29, 0.717) is 0 Å². The molecule has 2 heterocycles. The quantitative estimate of drug-likeness (QED) is 0.237. The van der Waals surface area contributed by atoms with Crippen LogP contribution in [0.4, 0.5) is 0 Å². The van der Waals surface area contributed by atoms with Gasteiger partial charge in [-0.25, -0.2) is 0 Å². The molecule has 0 atom stereocenters. The van der Waals surface area contributed by atoms with Crippen LogP contribution in [0.15, 0.2) is 92.4 Å². The van der Waals surface area contributed by atoms with E-state index in [4.69, 9.17) is 0 Å². The molecule has 4 aromatic carbocycles. The Morgan fingerprint density at radius 3 is 2.13 bits per heavy atom. The van der Waals surface area contributed by atoms with Crippen LogP contribution in [0.2, 0.25) is 0 Å². The molecule has 150 valence electrons. The topological polar surface area (TPSA) is 4.93 Å². The smallest absolute Gasteiger partial charge is 0.0571 e. The van der Waals surface area contributed by atoms with Gasteiger partial charge in [0, 0.05) is 53.9 Å². The standard InChI is InChI=1S/C28H21NS2/c1-28(2)19-13-12-17-16-8-4-5-9-21(16)29(3)27(17)26(19)18-14-24-25(15-20(18)28)31-23-11-7-6-10-22(23)30-24/h4-15H,1-3H3. The molecule has 0 radical (unpaired) electrons. The van der Waals surface area contributed by atoms with Crippen molar-refractivity contribution in [1.29, 1.82) is 0 Å². The average molecular weight is 436 g/mol. The van der Waals surface area contributed by atoms with Crippen LogP contribution >= 0.6 is 23.5 Å². The first kappa shape index (κ1) is 18.0. The number of fused-ring (bicyclic) bond motifs is 9. The van der Waals surface area contributed by atoms with Gasteiger partial charge in [0.1, 0.15) is 0 Å². The largest absolute Gasteiger partial charge is 0.343 e. The van der Waals surface area contributed by atoms with Gasteiger partial charge < -0.3 is 4.57 Å². The van der Waals surface area contributed by atoms with E-state index in [1.165, 1.54) is 63.6 Å². The van der Waals surface area contributed by atoms with Crippen LogP contribution in [0.3, 0.4) is 0 Å². The summed E-state index contributed by atoms with van der Waals surface area (Å²) in [6, 6.07) is 27.2. The van der Waals surface area contributed by atoms with E-state index in [1.807, 2.05) is 23.5 Å². The fraction of sp³-hybridized carbons (Fsp3) is 0.143. The number of rotatable bonds is 0. The molecule has 0 spiro atoms. The fourth-order valence-electron chi connectivity index (χ4n) is 5.51. The van der Waals surface area contributed by atoms with Crippen LogP contribution in [0, 0.1) is 0 Å². The molecular formula is C28H21NS2. The van der Waals surface area contributed by atoms with Gasteiger partial charge in [0.05, 0.1) is 5.52 Å². The Hall–Kier alpha value is -2.62. The average Bonchev–Trinajstić information content (AvgIpc) is 3.20. The first-order valence-corrected chi connectivity index (χ1v) is 12.3. The molecule has 0 saturated heterocycles. The lowest BCUT2D eigenvalue weighted by Crippen LogP contribution is -2.15. The number of aryl methyl sites for hydroxylation is 1. The van der Waals surface area contributed by atoms with Crippen molar-refractivity contribution < 1.29 is 0 Å². The van der Waals surface area contributed by atoms with Gasteiger partial charge in [-0.3, -0.25) is 0 Å². The second-order valence-electron chi connectivity index (χ2n) is 9.08. The third-order valence-corrected chi connectivity index (χ3v) is 9.58. The van der Waals surface area contributed by atoms with Crippen molar-refractivity contribution in [2.24, 2.45) is 7.05 Å². The van der Waals surface area contributed by atoms with E-state index >= 15 is 0 Å². The van der Waals surface area contributed by atoms with Crippen molar-refractivity contribution >= 4 is 45.3 Å². The predicted molar refractivity (Wildman–Crippen MR) is 133 cm³/mol. The summed E-state index contributed by atoms with van der Waals surface area (Å²) in [4.78, 5) is 5.49. The minimum absolute atomic E-state index is 0.00741. The summed E-state index contributed by atoms with van der Waals surface area (Å²) in [5, 5.41) is 2.69. The molecule has 0 saturated carbocycles. The van der Waals surface area contributed by atoms with Gasteiger partial charge in [0.2, 0.25) is 0 Å². The Morgan fingerprint density at radius 2 is 1.35 bits per heavy atom. The molecule has 1 aliphatic heterocycles. The lowest BCUT2D eigenvalue weighted by Gasteiger charge is -2.24. The van der Waals surface area contributed by atoms with Gasteiger partial charge in [-0.15, -0.1) is 0 Å². The second kappa shape index (κ2) is 5.99. The van der Waals surface area contributed by atoms with Crippen molar-refractivity contribution in [1.82, 2.24) is 4.57 Å². The number of para-hydroxylation sites is 1. The molecule has 1 aromatic heterocycles. The van der Waals surface area contributed by atoms with Crippen molar-refractivity contribution in [3.63, 3.8) is 0 Å². The number of aromatic nitrogens is 1. The first-order chi connectivity index (χ1) is 15.0. The van der Waals surface area contributed by atoms with Crippen LogP contribution in [0.1, 0.15) is 25.0 Å². The summed E-state index contributed by atoms with van der Waals surface area (Å²) in [7, 11) is 2.22. The van der Waals surface area contributed by atoms with Crippen LogP contribution in [0.25, 0.3) is 32.9 Å². The van der Waals surface area contributed by atoms with Gasteiger partial charge in [0.15, 0.2) is 0 Å². The fourth-order valence-corrected chi connectivity index (χ4v) is 7.79. The van der Waals surface area contributed by atoms with E-state index in [-0.39, 0.29) is 5.41 Å². The molecule has 31 heavy (non-hydrogen) atoms. The molecule has 0 fully saturated rings. The maximum Gasteiger partial charge on any atom is 0.0571 e. The molecule has 0 N–H and O–H groups in total. The third-order valence-electron chi connectivity index (χ3n) is 7.06. The molecule has 7 rings (SSSR count). The SMILES string of the molecule is Cn1c2ccccc2c2ccc3c(c21)-c1cc2c(cc1C3(C)C)Sc1ccccc1S2. The van der Waals surface area contributed by atoms with E-state index in [0.717, 1.165) is 0 Å². The maximum atomic E-state index is 2.47. The number of hydrogen-bond acceptors (Lipinski definition) is 2. The Kier molecular flexibility index (Phi) is 3.48.